The Morgan fingerprint density at radius 1 is 1.44 bits per heavy atom. The molecule has 1 aromatic rings. The van der Waals surface area contributed by atoms with E-state index in [2.05, 4.69) is 30.7 Å². The second-order valence-corrected chi connectivity index (χ2v) is 5.39. The standard InChI is InChI=1S/C14H20N2O2/c1-9-7-10(2)11(3)16(8-9)13-12(14(17)18)5-4-6-15-13/h4-6,9-11H,7-8H2,1-3H3,(H,17,18). The van der Waals surface area contributed by atoms with Gasteiger partial charge in [-0.25, -0.2) is 9.78 Å². The number of hydrogen-bond acceptors (Lipinski definition) is 3. The number of hydrogen-bond donors (Lipinski definition) is 1. The van der Waals surface area contributed by atoms with Crippen LogP contribution in [-0.4, -0.2) is 28.6 Å². The van der Waals surface area contributed by atoms with Gasteiger partial charge in [-0.3, -0.25) is 0 Å². The predicted octanol–water partition coefficient (Wildman–Crippen LogP) is 2.65. The normalized spacial score (nSPS) is 28.2. The molecule has 0 saturated carbocycles. The highest BCUT2D eigenvalue weighted by Crippen LogP contribution is 2.31. The summed E-state index contributed by atoms with van der Waals surface area (Å²) < 4.78 is 0. The quantitative estimate of drug-likeness (QED) is 0.874. The lowest BCUT2D eigenvalue weighted by Crippen LogP contribution is -2.46. The van der Waals surface area contributed by atoms with E-state index in [1.54, 1.807) is 18.3 Å². The van der Waals surface area contributed by atoms with E-state index in [-0.39, 0.29) is 0 Å². The second kappa shape index (κ2) is 4.96. The highest BCUT2D eigenvalue weighted by atomic mass is 16.4. The molecule has 18 heavy (non-hydrogen) atoms. The summed E-state index contributed by atoms with van der Waals surface area (Å²) in [5, 5.41) is 9.25. The summed E-state index contributed by atoms with van der Waals surface area (Å²) in [5.74, 6) is 0.823. The molecule has 4 nitrogen and oxygen atoms in total. The van der Waals surface area contributed by atoms with Crippen molar-refractivity contribution in [1.29, 1.82) is 0 Å². The first-order valence-electron chi connectivity index (χ1n) is 6.45. The zero-order chi connectivity index (χ0) is 13.3. The molecule has 4 heteroatoms. The molecule has 1 aliphatic heterocycles. The molecule has 98 valence electrons. The Hall–Kier alpha value is -1.58. The van der Waals surface area contributed by atoms with Gasteiger partial charge in [-0.15, -0.1) is 0 Å². The lowest BCUT2D eigenvalue weighted by Gasteiger charge is -2.42. The van der Waals surface area contributed by atoms with Gasteiger partial charge in [0.25, 0.3) is 0 Å². The molecule has 0 bridgehead atoms. The van der Waals surface area contributed by atoms with Crippen molar-refractivity contribution in [3.8, 4) is 0 Å². The van der Waals surface area contributed by atoms with Gasteiger partial charge in [-0.05, 0) is 37.3 Å². The maximum absolute atomic E-state index is 11.3. The fourth-order valence-electron chi connectivity index (χ4n) is 2.79. The second-order valence-electron chi connectivity index (χ2n) is 5.39. The van der Waals surface area contributed by atoms with E-state index in [0.29, 0.717) is 29.3 Å². The summed E-state index contributed by atoms with van der Waals surface area (Å²) in [5.41, 5.74) is 0.297. The molecule has 1 aromatic heterocycles. The van der Waals surface area contributed by atoms with Gasteiger partial charge in [0.05, 0.1) is 0 Å². The molecular weight excluding hydrogens is 228 g/mol. The van der Waals surface area contributed by atoms with Crippen molar-refractivity contribution >= 4 is 11.8 Å². The summed E-state index contributed by atoms with van der Waals surface area (Å²) in [7, 11) is 0. The molecule has 3 unspecified atom stereocenters. The van der Waals surface area contributed by atoms with Gasteiger partial charge >= 0.3 is 5.97 Å². The number of piperidine rings is 1. The number of nitrogens with zero attached hydrogens (tertiary/aromatic N) is 2. The van der Waals surface area contributed by atoms with Gasteiger partial charge in [0, 0.05) is 18.8 Å². The van der Waals surface area contributed by atoms with E-state index >= 15 is 0 Å². The predicted molar refractivity (Wildman–Crippen MR) is 70.9 cm³/mol. The van der Waals surface area contributed by atoms with Crippen LogP contribution in [0.15, 0.2) is 18.3 Å². The van der Waals surface area contributed by atoms with Crippen LogP contribution in [0.1, 0.15) is 37.6 Å². The van der Waals surface area contributed by atoms with Crippen LogP contribution < -0.4 is 4.90 Å². The number of aromatic nitrogens is 1. The average Bonchev–Trinajstić information content (AvgIpc) is 2.33. The van der Waals surface area contributed by atoms with Crippen molar-refractivity contribution in [2.75, 3.05) is 11.4 Å². The third kappa shape index (κ3) is 2.33. The minimum atomic E-state index is -0.906. The molecule has 2 rings (SSSR count). The Bertz CT molecular complexity index is 447. The molecule has 2 heterocycles. The largest absolute Gasteiger partial charge is 0.478 e. The van der Waals surface area contributed by atoms with Crippen LogP contribution in [0, 0.1) is 11.8 Å². The molecule has 0 aromatic carbocycles. The first-order chi connectivity index (χ1) is 8.50. The zero-order valence-electron chi connectivity index (χ0n) is 11.1. The van der Waals surface area contributed by atoms with Crippen LogP contribution >= 0.6 is 0 Å². The minimum absolute atomic E-state index is 0.297. The van der Waals surface area contributed by atoms with Crippen molar-refractivity contribution in [2.24, 2.45) is 11.8 Å². The number of rotatable bonds is 2. The summed E-state index contributed by atoms with van der Waals surface area (Å²) in [6, 6.07) is 3.63. The van der Waals surface area contributed by atoms with E-state index in [0.717, 1.165) is 6.54 Å². The SMILES string of the molecule is CC1CC(C)C(C)N(c2ncccc2C(=O)O)C1. The van der Waals surface area contributed by atoms with Gasteiger partial charge in [0.15, 0.2) is 0 Å². The summed E-state index contributed by atoms with van der Waals surface area (Å²) >= 11 is 0. The fraction of sp³-hybridized carbons (Fsp3) is 0.571. The number of carbonyl (C=O) groups is 1. The molecule has 0 spiro atoms. The van der Waals surface area contributed by atoms with Crippen molar-refractivity contribution < 1.29 is 9.90 Å². The summed E-state index contributed by atoms with van der Waals surface area (Å²) in [6.07, 6.45) is 2.85. The molecule has 1 N–H and O–H groups in total. The van der Waals surface area contributed by atoms with E-state index in [9.17, 15) is 9.90 Å². The van der Waals surface area contributed by atoms with Crippen molar-refractivity contribution in [3.63, 3.8) is 0 Å². The summed E-state index contributed by atoms with van der Waals surface area (Å²) in [6.45, 7) is 7.45. The number of aromatic carboxylic acids is 1. The Labute approximate surface area is 108 Å². The highest BCUT2D eigenvalue weighted by molar-refractivity contribution is 5.93. The van der Waals surface area contributed by atoms with Gasteiger partial charge in [0.2, 0.25) is 0 Å². The molecule has 0 amide bonds. The average molecular weight is 248 g/mol. The van der Waals surface area contributed by atoms with Crippen molar-refractivity contribution in [2.45, 2.75) is 33.2 Å². The maximum atomic E-state index is 11.3. The Morgan fingerprint density at radius 3 is 2.83 bits per heavy atom. The topological polar surface area (TPSA) is 53.4 Å². The van der Waals surface area contributed by atoms with Gasteiger partial charge in [-0.2, -0.15) is 0 Å². The first-order valence-corrected chi connectivity index (χ1v) is 6.45. The number of carboxylic acid groups (broad SMARTS) is 1. The van der Waals surface area contributed by atoms with Crippen LogP contribution in [0.2, 0.25) is 0 Å². The Kier molecular flexibility index (Phi) is 3.55. The number of pyridine rings is 1. The molecule has 3 atom stereocenters. The van der Waals surface area contributed by atoms with Gasteiger partial charge in [0.1, 0.15) is 11.4 Å². The Balaban J connectivity index is 2.38. The van der Waals surface area contributed by atoms with Crippen LogP contribution in [0.3, 0.4) is 0 Å². The van der Waals surface area contributed by atoms with E-state index in [1.165, 1.54) is 6.42 Å². The lowest BCUT2D eigenvalue weighted by molar-refractivity contribution is 0.0696. The monoisotopic (exact) mass is 248 g/mol. The maximum Gasteiger partial charge on any atom is 0.339 e. The fourth-order valence-corrected chi connectivity index (χ4v) is 2.79. The molecule has 1 saturated heterocycles. The molecule has 1 aliphatic rings. The molecule has 1 fully saturated rings. The smallest absolute Gasteiger partial charge is 0.339 e. The van der Waals surface area contributed by atoms with Crippen molar-refractivity contribution in [1.82, 2.24) is 4.98 Å². The number of carboxylic acids is 1. The molecule has 0 radical (unpaired) electrons. The third-order valence-corrected chi connectivity index (χ3v) is 3.89. The van der Waals surface area contributed by atoms with Gasteiger partial charge in [-0.1, -0.05) is 13.8 Å². The highest BCUT2D eigenvalue weighted by Gasteiger charge is 2.31. The van der Waals surface area contributed by atoms with Crippen LogP contribution in [-0.2, 0) is 0 Å². The van der Waals surface area contributed by atoms with E-state index in [1.807, 2.05) is 0 Å². The van der Waals surface area contributed by atoms with E-state index < -0.39 is 5.97 Å². The van der Waals surface area contributed by atoms with E-state index in [4.69, 9.17) is 0 Å². The van der Waals surface area contributed by atoms with Crippen molar-refractivity contribution in [3.05, 3.63) is 23.9 Å². The van der Waals surface area contributed by atoms with Crippen LogP contribution in [0.4, 0.5) is 5.82 Å². The first kappa shape index (κ1) is 12.9. The molecular formula is C14H20N2O2. The summed E-state index contributed by atoms with van der Waals surface area (Å²) in [4.78, 5) is 17.7. The van der Waals surface area contributed by atoms with Gasteiger partial charge < -0.3 is 10.0 Å². The lowest BCUT2D eigenvalue weighted by atomic mass is 9.86. The Morgan fingerprint density at radius 2 is 2.17 bits per heavy atom. The van der Waals surface area contributed by atoms with Crippen LogP contribution in [0.25, 0.3) is 0 Å². The third-order valence-electron chi connectivity index (χ3n) is 3.89. The van der Waals surface area contributed by atoms with Crippen LogP contribution in [0.5, 0.6) is 0 Å². The molecule has 0 aliphatic carbocycles. The minimum Gasteiger partial charge on any atom is -0.478 e. The zero-order valence-corrected chi connectivity index (χ0v) is 11.1. The number of anilines is 1.